The van der Waals surface area contributed by atoms with Gasteiger partial charge in [0, 0.05) is 13.2 Å². The molecule has 2 N–H and O–H groups in total. The monoisotopic (exact) mass is 261 g/mol. The fraction of sp³-hybridized carbons (Fsp3) is 0.364. The first-order valence-electron chi connectivity index (χ1n) is 4.93. The van der Waals surface area contributed by atoms with Crippen LogP contribution < -0.4 is 5.32 Å². The lowest BCUT2D eigenvalue weighted by molar-refractivity contribution is 0.112. The summed E-state index contributed by atoms with van der Waals surface area (Å²) in [4.78, 5) is 10.6. The van der Waals surface area contributed by atoms with Crippen LogP contribution in [0.25, 0.3) is 0 Å². The Hall–Kier alpha value is -0.610. The van der Waals surface area contributed by atoms with Crippen LogP contribution in [-0.4, -0.2) is 24.5 Å². The molecule has 0 radical (unpaired) electrons. The van der Waals surface area contributed by atoms with Gasteiger partial charge in [-0.1, -0.05) is 23.2 Å². The van der Waals surface area contributed by atoms with E-state index in [-0.39, 0.29) is 6.61 Å². The van der Waals surface area contributed by atoms with Crippen molar-refractivity contribution in [1.82, 2.24) is 5.32 Å². The summed E-state index contributed by atoms with van der Waals surface area (Å²) in [5.41, 5.74) is 1.24. The number of hydrogen-bond acceptors (Lipinski definition) is 3. The van der Waals surface area contributed by atoms with Crippen molar-refractivity contribution in [3.8, 4) is 0 Å². The van der Waals surface area contributed by atoms with Crippen LogP contribution in [-0.2, 0) is 6.54 Å². The zero-order valence-electron chi connectivity index (χ0n) is 8.67. The molecule has 0 saturated carbocycles. The first-order valence-corrected chi connectivity index (χ1v) is 5.69. The molecule has 5 heteroatoms. The second kappa shape index (κ2) is 6.86. The maximum Gasteiger partial charge on any atom is 0.153 e. The van der Waals surface area contributed by atoms with Crippen LogP contribution >= 0.6 is 23.2 Å². The Labute approximate surface area is 104 Å². The van der Waals surface area contributed by atoms with E-state index in [1.54, 1.807) is 12.1 Å². The van der Waals surface area contributed by atoms with Gasteiger partial charge in [-0.2, -0.15) is 0 Å². The quantitative estimate of drug-likeness (QED) is 0.610. The van der Waals surface area contributed by atoms with Crippen LogP contribution in [0.1, 0.15) is 22.3 Å². The van der Waals surface area contributed by atoms with Gasteiger partial charge < -0.3 is 10.4 Å². The Bertz CT molecular complexity index is 346. The lowest BCUT2D eigenvalue weighted by Gasteiger charge is -2.07. The molecule has 0 spiro atoms. The molecule has 0 fully saturated rings. The molecule has 16 heavy (non-hydrogen) atoms. The van der Waals surface area contributed by atoms with Gasteiger partial charge in [-0.3, -0.25) is 4.79 Å². The Morgan fingerprint density at radius 3 is 2.44 bits per heavy atom. The fourth-order valence-electron chi connectivity index (χ4n) is 1.29. The van der Waals surface area contributed by atoms with Gasteiger partial charge in [0.1, 0.15) is 0 Å². The molecule has 0 bridgehead atoms. The van der Waals surface area contributed by atoms with Gasteiger partial charge in [0.2, 0.25) is 0 Å². The minimum atomic E-state index is 0.165. The highest BCUT2D eigenvalue weighted by molar-refractivity contribution is 6.38. The first-order chi connectivity index (χ1) is 7.69. The van der Waals surface area contributed by atoms with Crippen molar-refractivity contribution in [2.24, 2.45) is 0 Å². The summed E-state index contributed by atoms with van der Waals surface area (Å²) < 4.78 is 0. The van der Waals surface area contributed by atoms with E-state index in [0.717, 1.165) is 12.1 Å². The summed E-state index contributed by atoms with van der Waals surface area (Å²) in [5, 5.41) is 12.5. The molecule has 1 rings (SSSR count). The number of rotatable bonds is 6. The minimum absolute atomic E-state index is 0.165. The third-order valence-corrected chi connectivity index (χ3v) is 2.72. The van der Waals surface area contributed by atoms with Crippen LogP contribution in [0.15, 0.2) is 12.1 Å². The fourth-order valence-corrected chi connectivity index (χ4v) is 1.91. The minimum Gasteiger partial charge on any atom is -0.396 e. The van der Waals surface area contributed by atoms with Gasteiger partial charge in [-0.15, -0.1) is 0 Å². The Balaban J connectivity index is 2.65. The van der Waals surface area contributed by atoms with E-state index in [4.69, 9.17) is 28.3 Å². The lowest BCUT2D eigenvalue weighted by Crippen LogP contribution is -2.15. The van der Waals surface area contributed by atoms with Gasteiger partial charge in [0.25, 0.3) is 0 Å². The first kappa shape index (κ1) is 13.5. The SMILES string of the molecule is O=Cc1c(Cl)cc(CNCCCO)cc1Cl. The predicted octanol–water partition coefficient (Wildman–Crippen LogP) is 2.28. The average Bonchev–Trinajstić information content (AvgIpc) is 2.24. The number of aldehydes is 1. The van der Waals surface area contributed by atoms with E-state index >= 15 is 0 Å². The number of aliphatic hydroxyl groups is 1. The second-order valence-electron chi connectivity index (χ2n) is 3.34. The lowest BCUT2D eigenvalue weighted by atomic mass is 10.1. The summed E-state index contributed by atoms with van der Waals surface area (Å²) in [6, 6.07) is 3.42. The summed E-state index contributed by atoms with van der Waals surface area (Å²) in [7, 11) is 0. The predicted molar refractivity (Wildman–Crippen MR) is 65.3 cm³/mol. The summed E-state index contributed by atoms with van der Waals surface area (Å²) >= 11 is 11.8. The van der Waals surface area contributed by atoms with E-state index in [9.17, 15) is 4.79 Å². The van der Waals surface area contributed by atoms with Gasteiger partial charge in [-0.25, -0.2) is 0 Å². The van der Waals surface area contributed by atoms with Gasteiger partial charge in [0.15, 0.2) is 6.29 Å². The molecule has 0 atom stereocenters. The van der Waals surface area contributed by atoms with Gasteiger partial charge in [0.05, 0.1) is 15.6 Å². The molecule has 0 saturated heterocycles. The van der Waals surface area contributed by atoms with Crippen molar-refractivity contribution < 1.29 is 9.90 Å². The molecule has 3 nitrogen and oxygen atoms in total. The highest BCUT2D eigenvalue weighted by atomic mass is 35.5. The molecule has 88 valence electrons. The summed E-state index contributed by atoms with van der Waals surface area (Å²) in [6.07, 6.45) is 1.35. The normalized spacial score (nSPS) is 10.4. The number of aliphatic hydroxyl groups excluding tert-OH is 1. The van der Waals surface area contributed by atoms with Crippen molar-refractivity contribution in [2.45, 2.75) is 13.0 Å². The molecule has 1 aromatic rings. The van der Waals surface area contributed by atoms with Gasteiger partial charge >= 0.3 is 0 Å². The van der Waals surface area contributed by atoms with Crippen molar-refractivity contribution in [3.63, 3.8) is 0 Å². The molecule has 0 aromatic heterocycles. The Morgan fingerprint density at radius 1 is 1.31 bits per heavy atom. The van der Waals surface area contributed by atoms with E-state index in [1.807, 2.05) is 0 Å². The van der Waals surface area contributed by atoms with Crippen LogP contribution in [0, 0.1) is 0 Å². The smallest absolute Gasteiger partial charge is 0.153 e. The van der Waals surface area contributed by atoms with E-state index in [2.05, 4.69) is 5.32 Å². The molecular formula is C11H13Cl2NO2. The standard InChI is InChI=1S/C11H13Cl2NO2/c12-10-4-8(6-14-2-1-3-15)5-11(13)9(10)7-16/h4-5,7,14-15H,1-3,6H2. The zero-order chi connectivity index (χ0) is 12.0. The maximum absolute atomic E-state index is 10.6. The number of hydrogen-bond donors (Lipinski definition) is 2. The van der Waals surface area contributed by atoms with Crippen molar-refractivity contribution in [2.75, 3.05) is 13.2 Å². The van der Waals surface area contributed by atoms with Crippen LogP contribution in [0.4, 0.5) is 0 Å². The number of halogens is 2. The maximum atomic E-state index is 10.6. The number of nitrogens with one attached hydrogen (secondary N) is 1. The summed E-state index contributed by atoms with van der Waals surface area (Å²) in [6.45, 7) is 1.50. The number of benzene rings is 1. The van der Waals surface area contributed by atoms with E-state index in [1.165, 1.54) is 0 Å². The van der Waals surface area contributed by atoms with Crippen LogP contribution in [0.3, 0.4) is 0 Å². The Morgan fingerprint density at radius 2 is 1.94 bits per heavy atom. The van der Waals surface area contributed by atoms with Crippen molar-refractivity contribution >= 4 is 29.5 Å². The van der Waals surface area contributed by atoms with Crippen LogP contribution in [0.5, 0.6) is 0 Å². The third-order valence-electron chi connectivity index (χ3n) is 2.10. The van der Waals surface area contributed by atoms with E-state index in [0.29, 0.717) is 34.9 Å². The van der Waals surface area contributed by atoms with Gasteiger partial charge in [-0.05, 0) is 30.7 Å². The molecule has 1 aromatic carbocycles. The molecule has 0 aliphatic rings. The second-order valence-corrected chi connectivity index (χ2v) is 4.16. The highest BCUT2D eigenvalue weighted by Crippen LogP contribution is 2.24. The van der Waals surface area contributed by atoms with E-state index < -0.39 is 0 Å². The third kappa shape index (κ3) is 3.76. The zero-order valence-corrected chi connectivity index (χ0v) is 10.2. The topological polar surface area (TPSA) is 49.3 Å². The molecule has 0 unspecified atom stereocenters. The highest BCUT2D eigenvalue weighted by Gasteiger charge is 2.06. The molecule has 0 heterocycles. The number of carbonyl (C=O) groups excluding carboxylic acids is 1. The number of carbonyl (C=O) groups is 1. The molecule has 0 aliphatic heterocycles. The van der Waals surface area contributed by atoms with Crippen molar-refractivity contribution in [1.29, 1.82) is 0 Å². The largest absolute Gasteiger partial charge is 0.396 e. The molecular weight excluding hydrogens is 249 g/mol. The summed E-state index contributed by atoms with van der Waals surface area (Å²) in [5.74, 6) is 0. The van der Waals surface area contributed by atoms with Crippen LogP contribution in [0.2, 0.25) is 10.0 Å². The van der Waals surface area contributed by atoms with Crippen molar-refractivity contribution in [3.05, 3.63) is 33.3 Å². The molecule has 0 aliphatic carbocycles. The average molecular weight is 262 g/mol. The molecule has 0 amide bonds. The Kier molecular flexibility index (Phi) is 5.77.